The van der Waals surface area contributed by atoms with Crippen molar-refractivity contribution in [3.8, 4) is 11.5 Å². The fourth-order valence-electron chi connectivity index (χ4n) is 3.90. The molecule has 8 nitrogen and oxygen atoms in total. The maximum absolute atomic E-state index is 14.0. The van der Waals surface area contributed by atoms with Gasteiger partial charge in [-0.1, -0.05) is 24.3 Å². The van der Waals surface area contributed by atoms with Crippen LogP contribution in [0.3, 0.4) is 0 Å². The molecule has 1 aliphatic carbocycles. The Balaban J connectivity index is 1.64. The number of aliphatic hydroxyl groups excluding tert-OH is 1. The normalized spacial score (nSPS) is 25.2. The lowest BCUT2D eigenvalue weighted by molar-refractivity contribution is -0.139. The van der Waals surface area contributed by atoms with E-state index in [9.17, 15) is 22.7 Å². The van der Waals surface area contributed by atoms with Crippen LogP contribution in [0.2, 0.25) is 0 Å². The van der Waals surface area contributed by atoms with Crippen LogP contribution in [-0.2, 0) is 14.8 Å². The Hall–Kier alpha value is -2.69. The number of sulfonamides is 1. The zero-order chi connectivity index (χ0) is 20.8. The van der Waals surface area contributed by atoms with Crippen LogP contribution in [0.15, 0.2) is 47.4 Å². The third kappa shape index (κ3) is 3.54. The molecule has 3 N–H and O–H groups in total. The van der Waals surface area contributed by atoms with E-state index in [4.69, 9.17) is 14.6 Å². The Morgan fingerprint density at radius 3 is 2.72 bits per heavy atom. The Labute approximate surface area is 165 Å². The molecule has 10 heteroatoms. The average Bonchev–Trinajstić information content (AvgIpc) is 3.16. The number of para-hydroxylation sites is 1. The maximum Gasteiger partial charge on any atom is 0.341 e. The van der Waals surface area contributed by atoms with Crippen molar-refractivity contribution in [1.29, 1.82) is 0 Å². The van der Waals surface area contributed by atoms with Crippen LogP contribution in [0.25, 0.3) is 0 Å². The Bertz CT molecular complexity index is 1060. The van der Waals surface area contributed by atoms with Crippen LogP contribution < -0.4 is 14.2 Å². The fourth-order valence-corrected chi connectivity index (χ4v) is 5.27. The molecule has 0 saturated heterocycles. The first-order valence-electron chi connectivity index (χ1n) is 8.87. The number of fused-ring (bicyclic) bond motifs is 3. The molecule has 0 radical (unpaired) electrons. The Morgan fingerprint density at radius 2 is 2.00 bits per heavy atom. The zero-order valence-corrected chi connectivity index (χ0v) is 15.8. The highest BCUT2D eigenvalue weighted by Crippen LogP contribution is 2.51. The van der Waals surface area contributed by atoms with E-state index in [1.165, 1.54) is 12.1 Å². The van der Waals surface area contributed by atoms with Gasteiger partial charge in [-0.2, -0.15) is 0 Å². The van der Waals surface area contributed by atoms with E-state index >= 15 is 0 Å². The molecule has 1 fully saturated rings. The summed E-state index contributed by atoms with van der Waals surface area (Å²) in [7, 11) is -4.23. The van der Waals surface area contributed by atoms with E-state index in [0.717, 1.165) is 12.1 Å². The smallest absolute Gasteiger partial charge is 0.341 e. The minimum atomic E-state index is -4.23. The van der Waals surface area contributed by atoms with Crippen LogP contribution in [0.5, 0.6) is 11.5 Å². The number of carboxylic acids is 1. The number of benzene rings is 2. The van der Waals surface area contributed by atoms with Gasteiger partial charge in [0, 0.05) is 17.9 Å². The molecule has 1 heterocycles. The molecule has 0 bridgehead atoms. The van der Waals surface area contributed by atoms with E-state index in [1.807, 2.05) is 0 Å². The highest BCUT2D eigenvalue weighted by atomic mass is 32.2. The summed E-state index contributed by atoms with van der Waals surface area (Å²) in [6, 6.07) is 8.93. The molecular weight excluding hydrogens is 405 g/mol. The number of aliphatic hydroxyl groups is 1. The first-order valence-corrected chi connectivity index (χ1v) is 10.4. The minimum Gasteiger partial charge on any atom is -0.485 e. The molecule has 1 saturated carbocycles. The number of rotatable bonds is 6. The van der Waals surface area contributed by atoms with Gasteiger partial charge in [0.25, 0.3) is 0 Å². The first-order chi connectivity index (χ1) is 13.8. The summed E-state index contributed by atoms with van der Waals surface area (Å²) < 4.78 is 52.9. The summed E-state index contributed by atoms with van der Waals surface area (Å²) >= 11 is 0. The second-order valence-corrected chi connectivity index (χ2v) is 8.60. The summed E-state index contributed by atoms with van der Waals surface area (Å²) in [5.41, 5.74) is 0.593. The maximum atomic E-state index is 14.0. The standard InChI is InChI=1S/C19H18FNO7S/c20-11-5-1-2-7-15(11)29(25,26)21-18-12(22)8-14-17(18)10-4-3-6-13(19(10)28-14)27-9-16(23)24/h1-7,12,14,17-18,21-22H,8-9H2,(H,23,24). The number of halogens is 1. The highest BCUT2D eigenvalue weighted by Gasteiger charge is 2.51. The van der Waals surface area contributed by atoms with Crippen LogP contribution in [0, 0.1) is 5.82 Å². The van der Waals surface area contributed by atoms with Gasteiger partial charge in [-0.3, -0.25) is 0 Å². The molecule has 1 aliphatic heterocycles. The lowest BCUT2D eigenvalue weighted by Crippen LogP contribution is -2.43. The van der Waals surface area contributed by atoms with Crippen LogP contribution >= 0.6 is 0 Å². The van der Waals surface area contributed by atoms with Gasteiger partial charge in [0.1, 0.15) is 16.8 Å². The fraction of sp³-hybridized carbons (Fsp3) is 0.316. The number of nitrogens with one attached hydrogen (secondary N) is 1. The molecule has 0 spiro atoms. The van der Waals surface area contributed by atoms with Gasteiger partial charge in [0.05, 0.1) is 12.1 Å². The number of ether oxygens (including phenoxy) is 2. The zero-order valence-electron chi connectivity index (χ0n) is 15.0. The molecule has 2 aromatic carbocycles. The number of carboxylic acid groups (broad SMARTS) is 1. The highest BCUT2D eigenvalue weighted by molar-refractivity contribution is 7.89. The molecule has 29 heavy (non-hydrogen) atoms. The SMILES string of the molecule is O=C(O)COc1cccc2c1OC1CC(O)C(NS(=O)(=O)c3ccccc3F)C21. The second kappa shape index (κ2) is 7.29. The quantitative estimate of drug-likeness (QED) is 0.639. The Morgan fingerprint density at radius 1 is 1.24 bits per heavy atom. The largest absolute Gasteiger partial charge is 0.485 e. The molecule has 154 valence electrons. The molecule has 4 rings (SSSR count). The lowest BCUT2D eigenvalue weighted by Gasteiger charge is -2.22. The molecular formula is C19H18FNO7S. The number of hydrogen-bond acceptors (Lipinski definition) is 6. The second-order valence-electron chi connectivity index (χ2n) is 6.92. The Kier molecular flexibility index (Phi) is 4.93. The third-order valence-corrected chi connectivity index (χ3v) is 6.57. The van der Waals surface area contributed by atoms with Gasteiger partial charge in [0.15, 0.2) is 18.1 Å². The predicted molar refractivity (Wildman–Crippen MR) is 97.9 cm³/mol. The van der Waals surface area contributed by atoms with Crippen LogP contribution in [0.1, 0.15) is 17.9 Å². The molecule has 4 atom stereocenters. The van der Waals surface area contributed by atoms with Gasteiger partial charge in [-0.15, -0.1) is 0 Å². The summed E-state index contributed by atoms with van der Waals surface area (Å²) in [6.45, 7) is -0.554. The van der Waals surface area contributed by atoms with E-state index < -0.39 is 57.5 Å². The van der Waals surface area contributed by atoms with Gasteiger partial charge in [0.2, 0.25) is 10.0 Å². The van der Waals surface area contributed by atoms with E-state index in [2.05, 4.69) is 4.72 Å². The molecule has 0 amide bonds. The first kappa shape index (κ1) is 19.6. The van der Waals surface area contributed by atoms with E-state index in [0.29, 0.717) is 11.3 Å². The van der Waals surface area contributed by atoms with Crippen LogP contribution in [-0.4, -0.2) is 49.5 Å². The number of carbonyl (C=O) groups is 1. The van der Waals surface area contributed by atoms with Crippen molar-refractivity contribution < 1.29 is 37.3 Å². The number of hydrogen-bond donors (Lipinski definition) is 3. The lowest BCUT2D eigenvalue weighted by atomic mass is 9.94. The summed E-state index contributed by atoms with van der Waals surface area (Å²) in [4.78, 5) is 10.3. The van der Waals surface area contributed by atoms with Crippen LogP contribution in [0.4, 0.5) is 4.39 Å². The molecule has 0 aromatic heterocycles. The molecule has 2 aromatic rings. The minimum absolute atomic E-state index is 0.155. The topological polar surface area (TPSA) is 122 Å². The van der Waals surface area contributed by atoms with Crippen molar-refractivity contribution in [2.24, 2.45) is 0 Å². The monoisotopic (exact) mass is 423 g/mol. The van der Waals surface area contributed by atoms with Crippen molar-refractivity contribution in [3.05, 3.63) is 53.8 Å². The van der Waals surface area contributed by atoms with Gasteiger partial charge in [-0.05, 0) is 18.2 Å². The average molecular weight is 423 g/mol. The predicted octanol–water partition coefficient (Wildman–Crippen LogP) is 1.25. The molecule has 2 aliphatic rings. The van der Waals surface area contributed by atoms with Gasteiger partial charge in [-0.25, -0.2) is 22.3 Å². The number of aliphatic carboxylic acids is 1. The van der Waals surface area contributed by atoms with E-state index in [-0.39, 0.29) is 12.2 Å². The summed E-state index contributed by atoms with van der Waals surface area (Å²) in [5.74, 6) is -2.02. The van der Waals surface area contributed by atoms with E-state index in [1.54, 1.807) is 18.2 Å². The summed E-state index contributed by atoms with van der Waals surface area (Å²) in [5, 5.41) is 19.2. The van der Waals surface area contributed by atoms with Gasteiger partial charge < -0.3 is 19.7 Å². The van der Waals surface area contributed by atoms with Crippen molar-refractivity contribution in [3.63, 3.8) is 0 Å². The summed E-state index contributed by atoms with van der Waals surface area (Å²) in [6.07, 6.45) is -1.41. The van der Waals surface area contributed by atoms with Crippen molar-refractivity contribution in [2.75, 3.05) is 6.61 Å². The van der Waals surface area contributed by atoms with Gasteiger partial charge >= 0.3 is 5.97 Å². The van der Waals surface area contributed by atoms with Crippen molar-refractivity contribution in [1.82, 2.24) is 4.72 Å². The third-order valence-electron chi connectivity index (χ3n) is 5.08. The molecule has 4 unspecified atom stereocenters. The van der Waals surface area contributed by atoms with Crippen molar-refractivity contribution >= 4 is 16.0 Å². The van der Waals surface area contributed by atoms with Crippen molar-refractivity contribution in [2.45, 2.75) is 35.5 Å².